The van der Waals surface area contributed by atoms with Gasteiger partial charge in [-0.25, -0.2) is 0 Å². The number of fused-ring (bicyclic) bond motifs is 3. The van der Waals surface area contributed by atoms with Gasteiger partial charge in [0.2, 0.25) is 0 Å². The van der Waals surface area contributed by atoms with E-state index in [0.717, 1.165) is 15.9 Å². The van der Waals surface area contributed by atoms with Crippen LogP contribution in [0.2, 0.25) is 0 Å². The Hall–Kier alpha value is -3.80. The lowest BCUT2D eigenvalue weighted by Crippen LogP contribution is -2.20. The summed E-state index contributed by atoms with van der Waals surface area (Å²) in [5.41, 5.74) is 0. The number of rotatable bonds is 6. The van der Waals surface area contributed by atoms with Crippen LogP contribution < -0.4 is 26.5 Å². The van der Waals surface area contributed by atoms with E-state index in [0.29, 0.717) is 6.42 Å². The second-order valence-electron chi connectivity index (χ2n) is 10.1. The molecule has 1 aliphatic rings. The van der Waals surface area contributed by atoms with E-state index in [1.54, 1.807) is 0 Å². The lowest BCUT2D eigenvalue weighted by molar-refractivity contribution is 0.590. The maximum absolute atomic E-state index is 15.2. The zero-order valence-corrected chi connectivity index (χ0v) is 25.0. The molecule has 1 unspecified atom stereocenters. The molecule has 1 aromatic heterocycles. The molecule has 1 heterocycles. The first-order chi connectivity index (χ1) is 20.2. The molecule has 5 aromatic carbocycles. The Balaban J connectivity index is 1.43. The number of allylic oxidation sites excluding steroid dienone is 6. The van der Waals surface area contributed by atoms with Crippen molar-refractivity contribution in [3.63, 3.8) is 0 Å². The van der Waals surface area contributed by atoms with Crippen LogP contribution in [0.25, 0.3) is 20.2 Å². The topological polar surface area (TPSA) is 17.1 Å². The number of thiophene rings is 1. The summed E-state index contributed by atoms with van der Waals surface area (Å²) in [5.74, 6) is 0. The van der Waals surface area contributed by atoms with Crippen molar-refractivity contribution in [1.29, 1.82) is 0 Å². The summed E-state index contributed by atoms with van der Waals surface area (Å²) in [6.45, 7) is 0. The first-order valence-corrected chi connectivity index (χ1v) is 17.6. The molecule has 0 radical (unpaired) electrons. The lowest BCUT2D eigenvalue weighted by atomic mass is 10.1. The molecule has 1 aliphatic carbocycles. The Kier molecular flexibility index (Phi) is 7.15. The van der Waals surface area contributed by atoms with Gasteiger partial charge in [0.25, 0.3) is 0 Å². The zero-order chi connectivity index (χ0) is 27.6. The normalized spacial score (nSPS) is 14.7. The summed E-state index contributed by atoms with van der Waals surface area (Å²) >= 11 is 1.81. The monoisotopic (exact) mass is 582 g/mol. The molecule has 0 amide bonds. The molecule has 198 valence electrons. The number of benzene rings is 5. The third-order valence-electron chi connectivity index (χ3n) is 7.59. The van der Waals surface area contributed by atoms with Crippen molar-refractivity contribution in [2.24, 2.45) is 0 Å². The van der Waals surface area contributed by atoms with Crippen molar-refractivity contribution >= 4 is 73.1 Å². The predicted molar refractivity (Wildman–Crippen MR) is 182 cm³/mol. The molecule has 0 bridgehead atoms. The fraction of sp³-hybridized carbons (Fsp3) is 0.0270. The van der Waals surface area contributed by atoms with Crippen LogP contribution in [0.15, 0.2) is 163 Å². The Morgan fingerprint density at radius 2 is 1.17 bits per heavy atom. The van der Waals surface area contributed by atoms with Gasteiger partial charge >= 0.3 is 0 Å². The van der Waals surface area contributed by atoms with Crippen molar-refractivity contribution in [1.82, 2.24) is 0 Å². The molecular weight excluding hydrogens is 554 g/mol. The van der Waals surface area contributed by atoms with Crippen LogP contribution in [-0.4, -0.2) is 0 Å². The highest BCUT2D eigenvalue weighted by atomic mass is 32.1. The summed E-state index contributed by atoms with van der Waals surface area (Å²) in [5, 5.41) is 9.14. The van der Waals surface area contributed by atoms with Crippen LogP contribution in [0, 0.1) is 0 Å². The molecule has 1 nitrogen and oxygen atoms in total. The number of hydrogen-bond donors (Lipinski definition) is 0. The van der Waals surface area contributed by atoms with Crippen molar-refractivity contribution < 1.29 is 4.57 Å². The standard InChI is InChI=1S/C37H28OP2S/c38-40(32-20-12-5-13-21-32,31-18-10-1-2-11-19-31)33-23-25-37-35(27-33)34-26-30(22-24-36(34)41-37)39(28-14-6-3-7-15-28)29-16-8-4-9-17-29/h1-18,20-27H,19H2. The predicted octanol–water partition coefficient (Wildman–Crippen LogP) is 8.53. The minimum atomic E-state index is -3.04. The molecule has 6 aromatic rings. The second kappa shape index (κ2) is 11.2. The highest BCUT2D eigenvalue weighted by molar-refractivity contribution is 7.82. The van der Waals surface area contributed by atoms with E-state index in [2.05, 4.69) is 109 Å². The summed E-state index contributed by atoms with van der Waals surface area (Å²) in [4.78, 5) is 0. The van der Waals surface area contributed by atoms with Crippen molar-refractivity contribution in [2.45, 2.75) is 6.42 Å². The molecule has 0 spiro atoms. The first-order valence-electron chi connectivity index (χ1n) is 13.8. The maximum atomic E-state index is 15.2. The fourth-order valence-corrected chi connectivity index (χ4v) is 11.8. The Bertz CT molecular complexity index is 1950. The molecule has 4 heteroatoms. The summed E-state index contributed by atoms with van der Waals surface area (Å²) in [6.07, 6.45) is 10.9. The van der Waals surface area contributed by atoms with Crippen LogP contribution in [0.4, 0.5) is 0 Å². The third-order valence-corrected chi connectivity index (χ3v) is 14.3. The van der Waals surface area contributed by atoms with Gasteiger partial charge in [0.15, 0.2) is 7.14 Å². The summed E-state index contributed by atoms with van der Waals surface area (Å²) in [6, 6.07) is 45.1. The van der Waals surface area contributed by atoms with E-state index in [-0.39, 0.29) is 0 Å². The summed E-state index contributed by atoms with van der Waals surface area (Å²) < 4.78 is 17.7. The van der Waals surface area contributed by atoms with Crippen molar-refractivity contribution in [2.75, 3.05) is 0 Å². The minimum absolute atomic E-state index is 0.671. The van der Waals surface area contributed by atoms with Gasteiger partial charge < -0.3 is 4.57 Å². The molecule has 41 heavy (non-hydrogen) atoms. The first kappa shape index (κ1) is 26.1. The quantitative estimate of drug-likeness (QED) is 0.180. The smallest absolute Gasteiger partial charge is 0.167 e. The van der Waals surface area contributed by atoms with E-state index in [1.165, 1.54) is 36.1 Å². The Labute approximate surface area is 246 Å². The molecule has 0 fully saturated rings. The second-order valence-corrected chi connectivity index (χ2v) is 16.2. The average molecular weight is 583 g/mol. The SMILES string of the molecule is O=P(C1=CC=CC=CC1)(c1ccccc1)c1ccc2sc3ccc(P(c4ccccc4)c4ccccc4)cc3c2c1. The molecule has 7 rings (SSSR count). The van der Waals surface area contributed by atoms with E-state index in [9.17, 15) is 0 Å². The van der Waals surface area contributed by atoms with E-state index in [1.807, 2.05) is 59.9 Å². The third kappa shape index (κ3) is 4.87. The van der Waals surface area contributed by atoms with Gasteiger partial charge in [0.1, 0.15) is 0 Å². The van der Waals surface area contributed by atoms with Crippen LogP contribution in [-0.2, 0) is 4.57 Å². The largest absolute Gasteiger partial charge is 0.309 e. The molecule has 0 N–H and O–H groups in total. The van der Waals surface area contributed by atoms with E-state index in [4.69, 9.17) is 0 Å². The average Bonchev–Trinajstić information content (AvgIpc) is 3.18. The van der Waals surface area contributed by atoms with E-state index < -0.39 is 15.1 Å². The summed E-state index contributed by atoms with van der Waals surface area (Å²) in [7, 11) is -3.75. The van der Waals surface area contributed by atoms with Crippen LogP contribution in [0.1, 0.15) is 6.42 Å². The fourth-order valence-electron chi connectivity index (χ4n) is 5.61. The minimum Gasteiger partial charge on any atom is -0.309 e. The van der Waals surface area contributed by atoms with Crippen molar-refractivity contribution in [3.05, 3.63) is 163 Å². The van der Waals surface area contributed by atoms with Gasteiger partial charge in [-0.3, -0.25) is 0 Å². The molecule has 0 saturated carbocycles. The van der Waals surface area contributed by atoms with Crippen LogP contribution in [0.3, 0.4) is 0 Å². The molecular formula is C37H28OP2S. The lowest BCUT2D eigenvalue weighted by Gasteiger charge is -2.22. The zero-order valence-electron chi connectivity index (χ0n) is 22.4. The van der Waals surface area contributed by atoms with Gasteiger partial charge in [0, 0.05) is 36.1 Å². The van der Waals surface area contributed by atoms with Gasteiger partial charge in [-0.2, -0.15) is 0 Å². The van der Waals surface area contributed by atoms with Gasteiger partial charge in [-0.05, 0) is 60.6 Å². The molecule has 1 atom stereocenters. The van der Waals surface area contributed by atoms with Crippen LogP contribution >= 0.6 is 26.4 Å². The Morgan fingerprint density at radius 1 is 0.561 bits per heavy atom. The van der Waals surface area contributed by atoms with Gasteiger partial charge in [-0.1, -0.05) is 127 Å². The van der Waals surface area contributed by atoms with E-state index >= 15 is 4.57 Å². The highest BCUT2D eigenvalue weighted by Crippen LogP contribution is 2.54. The maximum Gasteiger partial charge on any atom is 0.167 e. The number of hydrogen-bond acceptors (Lipinski definition) is 2. The van der Waals surface area contributed by atoms with Crippen molar-refractivity contribution in [3.8, 4) is 0 Å². The van der Waals surface area contributed by atoms with Crippen LogP contribution in [0.5, 0.6) is 0 Å². The molecule has 0 saturated heterocycles. The Morgan fingerprint density at radius 3 is 1.85 bits per heavy atom. The molecule has 0 aliphatic heterocycles. The van der Waals surface area contributed by atoms with Gasteiger partial charge in [-0.15, -0.1) is 11.3 Å². The highest BCUT2D eigenvalue weighted by Gasteiger charge is 2.31. The van der Waals surface area contributed by atoms with Gasteiger partial charge in [0.05, 0.1) is 0 Å².